The summed E-state index contributed by atoms with van der Waals surface area (Å²) in [5.74, 6) is -2.63. The lowest BCUT2D eigenvalue weighted by molar-refractivity contribution is -0.0649. The van der Waals surface area contributed by atoms with Crippen molar-refractivity contribution in [3.05, 3.63) is 116 Å². The Labute approximate surface area is 179 Å². The molecular weight excluding hydrogens is 420 g/mol. The second kappa shape index (κ2) is 8.56. The van der Waals surface area contributed by atoms with Crippen molar-refractivity contribution in [3.8, 4) is 0 Å². The van der Waals surface area contributed by atoms with Crippen LogP contribution in [0.4, 0.5) is 8.78 Å². The number of nitrogens with zero attached hydrogens (tertiary/aromatic N) is 2. The van der Waals surface area contributed by atoms with Crippen LogP contribution >= 0.6 is 0 Å². The average Bonchev–Trinajstić information content (AvgIpc) is 2.78. The summed E-state index contributed by atoms with van der Waals surface area (Å²) < 4.78 is 29.7. The maximum atomic E-state index is 14.2. The fraction of sp³-hybridized carbons (Fsp3) is 0.0870. The zero-order chi connectivity index (χ0) is 22.8. The molecule has 0 fully saturated rings. The lowest BCUT2D eigenvalue weighted by Crippen LogP contribution is -2.32. The first kappa shape index (κ1) is 21.1. The number of H-pyrrole nitrogens is 1. The number of rotatable bonds is 5. The highest BCUT2D eigenvalue weighted by molar-refractivity contribution is 5.96. The normalized spacial score (nSPS) is 11.0. The van der Waals surface area contributed by atoms with Gasteiger partial charge in [-0.3, -0.25) is 19.6 Å². The Bertz CT molecular complexity index is 1410. The molecule has 0 aliphatic heterocycles. The number of hydroxylamine groups is 2. The summed E-state index contributed by atoms with van der Waals surface area (Å²) in [6, 6.07) is 14.5. The highest BCUT2D eigenvalue weighted by Crippen LogP contribution is 2.17. The number of pyridine rings is 2. The van der Waals surface area contributed by atoms with E-state index in [9.17, 15) is 28.4 Å². The quantitative estimate of drug-likeness (QED) is 0.371. The van der Waals surface area contributed by atoms with E-state index in [0.29, 0.717) is 10.6 Å². The van der Waals surface area contributed by atoms with E-state index in [1.165, 1.54) is 16.7 Å². The van der Waals surface area contributed by atoms with Crippen molar-refractivity contribution in [1.29, 1.82) is 0 Å². The molecule has 0 saturated heterocycles. The Morgan fingerprint density at radius 1 is 0.969 bits per heavy atom. The van der Waals surface area contributed by atoms with Gasteiger partial charge in [-0.1, -0.05) is 36.4 Å². The first-order valence-electron chi connectivity index (χ1n) is 9.59. The molecule has 0 unspecified atom stereocenters. The fourth-order valence-electron chi connectivity index (χ4n) is 3.40. The van der Waals surface area contributed by atoms with Gasteiger partial charge < -0.3 is 9.55 Å². The first-order valence-corrected chi connectivity index (χ1v) is 9.59. The predicted octanol–water partition coefficient (Wildman–Crippen LogP) is 3.05. The molecule has 32 heavy (non-hydrogen) atoms. The zero-order valence-electron chi connectivity index (χ0n) is 16.6. The third-order valence-corrected chi connectivity index (χ3v) is 4.99. The topological polar surface area (TPSA) is 95.4 Å². The summed E-state index contributed by atoms with van der Waals surface area (Å²) in [5, 5.41) is 10.7. The summed E-state index contributed by atoms with van der Waals surface area (Å²) in [6.45, 7) is -0.546. The maximum absolute atomic E-state index is 14.2. The van der Waals surface area contributed by atoms with Gasteiger partial charge in [0.05, 0.1) is 18.6 Å². The first-order chi connectivity index (χ1) is 15.3. The van der Waals surface area contributed by atoms with Crippen LogP contribution < -0.4 is 11.0 Å². The number of aromatic amines is 1. The van der Waals surface area contributed by atoms with Crippen molar-refractivity contribution in [2.45, 2.75) is 13.1 Å². The molecule has 1 amide bonds. The minimum Gasteiger partial charge on any atom is -0.341 e. The summed E-state index contributed by atoms with van der Waals surface area (Å²) in [4.78, 5) is 40.0. The molecule has 0 aliphatic carbocycles. The SMILES string of the molecule is O=C(c1cn(Cc2c(F)cccc2F)c2ccc(=O)[nH]c2c1=O)N(O)Cc1ccccc1. The molecule has 2 heterocycles. The van der Waals surface area contributed by atoms with E-state index in [1.807, 2.05) is 0 Å². The minimum absolute atomic E-state index is 0.168. The van der Waals surface area contributed by atoms with E-state index in [0.717, 1.165) is 24.4 Å². The molecule has 7 nitrogen and oxygen atoms in total. The Morgan fingerprint density at radius 2 is 1.66 bits per heavy atom. The summed E-state index contributed by atoms with van der Waals surface area (Å²) >= 11 is 0. The lowest BCUT2D eigenvalue weighted by Gasteiger charge is -2.17. The second-order valence-electron chi connectivity index (χ2n) is 7.13. The molecular formula is C23H17F2N3O4. The highest BCUT2D eigenvalue weighted by atomic mass is 19.1. The van der Waals surface area contributed by atoms with E-state index in [-0.39, 0.29) is 29.7 Å². The minimum atomic E-state index is -1.02. The number of carbonyl (C=O) groups is 1. The maximum Gasteiger partial charge on any atom is 0.283 e. The van der Waals surface area contributed by atoms with Gasteiger partial charge in [0, 0.05) is 17.8 Å². The molecule has 2 aromatic carbocycles. The van der Waals surface area contributed by atoms with E-state index in [2.05, 4.69) is 4.98 Å². The van der Waals surface area contributed by atoms with Gasteiger partial charge in [-0.25, -0.2) is 13.8 Å². The number of carbonyl (C=O) groups excluding carboxylic acids is 1. The van der Waals surface area contributed by atoms with Crippen LogP contribution in [0.25, 0.3) is 11.0 Å². The number of benzene rings is 2. The van der Waals surface area contributed by atoms with Gasteiger partial charge in [0.1, 0.15) is 22.7 Å². The lowest BCUT2D eigenvalue weighted by atomic mass is 10.1. The zero-order valence-corrected chi connectivity index (χ0v) is 16.6. The second-order valence-corrected chi connectivity index (χ2v) is 7.13. The molecule has 2 aromatic heterocycles. The number of nitrogens with one attached hydrogen (secondary N) is 1. The molecule has 0 atom stereocenters. The molecule has 2 N–H and O–H groups in total. The van der Waals surface area contributed by atoms with E-state index < -0.39 is 34.1 Å². The molecule has 0 spiro atoms. The van der Waals surface area contributed by atoms with Gasteiger partial charge in [-0.2, -0.15) is 0 Å². The molecule has 4 rings (SSSR count). The van der Waals surface area contributed by atoms with Gasteiger partial charge >= 0.3 is 0 Å². The summed E-state index contributed by atoms with van der Waals surface area (Å²) in [5.41, 5.74) is -1.59. The van der Waals surface area contributed by atoms with Crippen LogP contribution in [-0.2, 0) is 13.1 Å². The summed E-state index contributed by atoms with van der Waals surface area (Å²) in [6.07, 6.45) is 1.12. The average molecular weight is 437 g/mol. The Kier molecular flexibility index (Phi) is 5.65. The molecule has 4 aromatic rings. The fourth-order valence-corrected chi connectivity index (χ4v) is 3.40. The number of hydrogen-bond acceptors (Lipinski definition) is 4. The van der Waals surface area contributed by atoms with Crippen LogP contribution in [0.3, 0.4) is 0 Å². The van der Waals surface area contributed by atoms with Crippen molar-refractivity contribution in [1.82, 2.24) is 14.6 Å². The molecule has 9 heteroatoms. The third kappa shape index (κ3) is 4.06. The molecule has 0 radical (unpaired) electrons. The third-order valence-electron chi connectivity index (χ3n) is 4.99. The number of hydrogen-bond donors (Lipinski definition) is 2. The van der Waals surface area contributed by atoms with Crippen LogP contribution in [0.2, 0.25) is 0 Å². The number of fused-ring (bicyclic) bond motifs is 1. The van der Waals surface area contributed by atoms with Gasteiger partial charge in [0.15, 0.2) is 0 Å². The number of aromatic nitrogens is 2. The largest absolute Gasteiger partial charge is 0.341 e. The van der Waals surface area contributed by atoms with E-state index in [1.54, 1.807) is 30.3 Å². The van der Waals surface area contributed by atoms with Crippen LogP contribution in [0.5, 0.6) is 0 Å². The van der Waals surface area contributed by atoms with E-state index >= 15 is 0 Å². The van der Waals surface area contributed by atoms with Gasteiger partial charge in [-0.15, -0.1) is 0 Å². The van der Waals surface area contributed by atoms with Crippen LogP contribution in [0.1, 0.15) is 21.5 Å². The van der Waals surface area contributed by atoms with Crippen molar-refractivity contribution in [3.63, 3.8) is 0 Å². The number of halogens is 2. The van der Waals surface area contributed by atoms with Gasteiger partial charge in [0.2, 0.25) is 11.0 Å². The van der Waals surface area contributed by atoms with Crippen LogP contribution in [-0.4, -0.2) is 25.7 Å². The van der Waals surface area contributed by atoms with E-state index in [4.69, 9.17) is 0 Å². The van der Waals surface area contributed by atoms with Gasteiger partial charge in [-0.05, 0) is 23.8 Å². The monoisotopic (exact) mass is 437 g/mol. The summed E-state index contributed by atoms with van der Waals surface area (Å²) in [7, 11) is 0. The Balaban J connectivity index is 1.82. The molecule has 162 valence electrons. The standard InChI is InChI=1S/C23H17F2N3O4/c24-17-7-4-8-18(25)15(17)12-27-13-16(22(30)21-19(27)9-10-20(29)26-21)23(31)28(32)11-14-5-2-1-3-6-14/h1-10,13,32H,11-12H2,(H,26,29). The highest BCUT2D eigenvalue weighted by Gasteiger charge is 2.22. The van der Waals surface area contributed by atoms with Crippen molar-refractivity contribution < 1.29 is 18.8 Å². The number of amides is 1. The molecule has 0 bridgehead atoms. The smallest absolute Gasteiger partial charge is 0.283 e. The van der Waals surface area contributed by atoms with Crippen molar-refractivity contribution in [2.24, 2.45) is 0 Å². The Hall–Kier alpha value is -4.11. The Morgan fingerprint density at radius 3 is 2.34 bits per heavy atom. The van der Waals surface area contributed by atoms with Crippen LogP contribution in [0.15, 0.2) is 76.4 Å². The predicted molar refractivity (Wildman–Crippen MR) is 112 cm³/mol. The van der Waals surface area contributed by atoms with Crippen molar-refractivity contribution >= 4 is 16.9 Å². The molecule has 0 saturated carbocycles. The van der Waals surface area contributed by atoms with Gasteiger partial charge in [0.25, 0.3) is 5.91 Å². The van der Waals surface area contributed by atoms with Crippen LogP contribution in [0, 0.1) is 11.6 Å². The molecule has 0 aliphatic rings. The van der Waals surface area contributed by atoms with Crippen molar-refractivity contribution in [2.75, 3.05) is 0 Å².